The fourth-order valence-corrected chi connectivity index (χ4v) is 2.07. The summed E-state index contributed by atoms with van der Waals surface area (Å²) in [5, 5.41) is 0. The van der Waals surface area contributed by atoms with E-state index in [0.717, 1.165) is 25.7 Å². The van der Waals surface area contributed by atoms with Crippen molar-refractivity contribution in [2.24, 2.45) is 11.8 Å². The molecule has 0 spiro atoms. The molecule has 2 atom stereocenters. The van der Waals surface area contributed by atoms with Crippen LogP contribution < -0.4 is 0 Å². The standard InChI is InChI=1S/C9H15F3/c1-7-3-2-4-8(5-7)6-9(10,11)12/h7-8H,2-6H2,1H3/t7?,8-/m1/s1. The van der Waals surface area contributed by atoms with Crippen molar-refractivity contribution in [1.29, 1.82) is 0 Å². The lowest BCUT2D eigenvalue weighted by molar-refractivity contribution is -0.147. The zero-order valence-electron chi connectivity index (χ0n) is 7.32. The van der Waals surface area contributed by atoms with E-state index in [1.54, 1.807) is 0 Å². The molecular formula is C9H15F3. The molecule has 0 radical (unpaired) electrons. The highest BCUT2D eigenvalue weighted by molar-refractivity contribution is 4.72. The van der Waals surface area contributed by atoms with Gasteiger partial charge in [0.1, 0.15) is 0 Å². The van der Waals surface area contributed by atoms with E-state index in [4.69, 9.17) is 0 Å². The minimum atomic E-state index is -3.96. The quantitative estimate of drug-likeness (QED) is 0.576. The van der Waals surface area contributed by atoms with E-state index in [9.17, 15) is 13.2 Å². The predicted octanol–water partition coefficient (Wildman–Crippen LogP) is 3.77. The van der Waals surface area contributed by atoms with Crippen LogP contribution in [0.5, 0.6) is 0 Å². The van der Waals surface area contributed by atoms with E-state index in [-0.39, 0.29) is 5.92 Å². The van der Waals surface area contributed by atoms with Crippen molar-refractivity contribution >= 4 is 0 Å². The largest absolute Gasteiger partial charge is 0.389 e. The Morgan fingerprint density at radius 3 is 2.42 bits per heavy atom. The van der Waals surface area contributed by atoms with E-state index < -0.39 is 12.6 Å². The molecule has 1 aliphatic rings. The molecule has 0 nitrogen and oxygen atoms in total. The van der Waals surface area contributed by atoms with Crippen molar-refractivity contribution < 1.29 is 13.2 Å². The topological polar surface area (TPSA) is 0 Å². The van der Waals surface area contributed by atoms with Crippen LogP contribution in [-0.2, 0) is 0 Å². The van der Waals surface area contributed by atoms with Crippen LogP contribution in [0.15, 0.2) is 0 Å². The maximum Gasteiger partial charge on any atom is 0.389 e. The van der Waals surface area contributed by atoms with Gasteiger partial charge in [-0.05, 0) is 18.3 Å². The third-order valence-electron chi connectivity index (χ3n) is 2.57. The van der Waals surface area contributed by atoms with Gasteiger partial charge in [-0.1, -0.05) is 26.2 Å². The Balaban J connectivity index is 2.32. The molecule has 0 aromatic heterocycles. The molecule has 1 unspecified atom stereocenters. The summed E-state index contributed by atoms with van der Waals surface area (Å²) in [4.78, 5) is 0. The summed E-state index contributed by atoms with van der Waals surface area (Å²) in [6.07, 6.45) is -0.918. The zero-order valence-corrected chi connectivity index (χ0v) is 7.32. The highest BCUT2D eigenvalue weighted by Gasteiger charge is 2.33. The molecule has 0 bridgehead atoms. The lowest BCUT2D eigenvalue weighted by Gasteiger charge is -2.27. The molecule has 0 aromatic rings. The Kier molecular flexibility index (Phi) is 3.02. The van der Waals surface area contributed by atoms with Crippen LogP contribution in [0.2, 0.25) is 0 Å². The fourth-order valence-electron chi connectivity index (χ4n) is 2.07. The molecular weight excluding hydrogens is 165 g/mol. The molecule has 1 rings (SSSR count). The lowest BCUT2D eigenvalue weighted by atomic mass is 9.81. The maximum atomic E-state index is 12.0. The molecule has 1 aliphatic carbocycles. The third-order valence-corrected chi connectivity index (χ3v) is 2.57. The second-order valence-corrected chi connectivity index (χ2v) is 3.96. The summed E-state index contributed by atoms with van der Waals surface area (Å²) in [6.45, 7) is 2.04. The van der Waals surface area contributed by atoms with E-state index in [2.05, 4.69) is 0 Å². The molecule has 0 aromatic carbocycles. The first-order chi connectivity index (χ1) is 5.47. The van der Waals surface area contributed by atoms with Gasteiger partial charge in [-0.25, -0.2) is 0 Å². The number of rotatable bonds is 1. The summed E-state index contributed by atoms with van der Waals surface area (Å²) in [6, 6.07) is 0. The number of hydrogen-bond donors (Lipinski definition) is 0. The second-order valence-electron chi connectivity index (χ2n) is 3.96. The van der Waals surface area contributed by atoms with Gasteiger partial charge in [0.2, 0.25) is 0 Å². The van der Waals surface area contributed by atoms with Crippen molar-refractivity contribution in [2.75, 3.05) is 0 Å². The monoisotopic (exact) mass is 180 g/mol. The van der Waals surface area contributed by atoms with Gasteiger partial charge in [0, 0.05) is 6.42 Å². The average Bonchev–Trinajstić information content (AvgIpc) is 1.82. The van der Waals surface area contributed by atoms with Crippen molar-refractivity contribution in [3.05, 3.63) is 0 Å². The first kappa shape index (κ1) is 9.87. The number of halogens is 3. The van der Waals surface area contributed by atoms with Crippen LogP contribution in [0.3, 0.4) is 0 Å². The van der Waals surface area contributed by atoms with Gasteiger partial charge in [-0.3, -0.25) is 0 Å². The maximum absolute atomic E-state index is 12.0. The van der Waals surface area contributed by atoms with Gasteiger partial charge in [0.05, 0.1) is 0 Å². The van der Waals surface area contributed by atoms with Gasteiger partial charge in [-0.2, -0.15) is 13.2 Å². The second kappa shape index (κ2) is 3.67. The number of alkyl halides is 3. The first-order valence-corrected chi connectivity index (χ1v) is 4.54. The average molecular weight is 180 g/mol. The van der Waals surface area contributed by atoms with Crippen LogP contribution in [-0.4, -0.2) is 6.18 Å². The molecule has 0 saturated heterocycles. The van der Waals surface area contributed by atoms with Crippen LogP contribution in [0.1, 0.15) is 39.0 Å². The summed E-state index contributed by atoms with van der Waals surface area (Å²) in [5.74, 6) is 0.389. The van der Waals surface area contributed by atoms with Crippen molar-refractivity contribution in [2.45, 2.75) is 45.2 Å². The van der Waals surface area contributed by atoms with Crippen LogP contribution in [0.25, 0.3) is 0 Å². The molecule has 1 saturated carbocycles. The van der Waals surface area contributed by atoms with Crippen molar-refractivity contribution in [3.8, 4) is 0 Å². The molecule has 0 aliphatic heterocycles. The first-order valence-electron chi connectivity index (χ1n) is 4.54. The summed E-state index contributed by atoms with van der Waals surface area (Å²) in [7, 11) is 0. The normalized spacial score (nSPS) is 32.0. The minimum Gasteiger partial charge on any atom is -0.171 e. The third kappa shape index (κ3) is 3.46. The van der Waals surface area contributed by atoms with Crippen LogP contribution >= 0.6 is 0 Å². The Hall–Kier alpha value is -0.210. The molecule has 12 heavy (non-hydrogen) atoms. The predicted molar refractivity (Wildman–Crippen MR) is 41.8 cm³/mol. The summed E-state index contributed by atoms with van der Waals surface area (Å²) in [5.41, 5.74) is 0. The minimum absolute atomic E-state index is 0.103. The van der Waals surface area contributed by atoms with Crippen molar-refractivity contribution in [1.82, 2.24) is 0 Å². The van der Waals surface area contributed by atoms with Gasteiger partial charge in [-0.15, -0.1) is 0 Å². The zero-order chi connectivity index (χ0) is 9.19. The van der Waals surface area contributed by atoms with E-state index >= 15 is 0 Å². The summed E-state index contributed by atoms with van der Waals surface area (Å²) < 4.78 is 35.9. The molecule has 0 amide bonds. The highest BCUT2D eigenvalue weighted by Crippen LogP contribution is 2.36. The Bertz CT molecular complexity index is 139. The van der Waals surface area contributed by atoms with Crippen molar-refractivity contribution in [3.63, 3.8) is 0 Å². The van der Waals surface area contributed by atoms with Gasteiger partial charge in [0.25, 0.3) is 0 Å². The molecule has 0 heterocycles. The molecule has 0 N–H and O–H groups in total. The smallest absolute Gasteiger partial charge is 0.171 e. The molecule has 3 heteroatoms. The Morgan fingerprint density at radius 1 is 1.25 bits per heavy atom. The van der Waals surface area contributed by atoms with Gasteiger partial charge >= 0.3 is 6.18 Å². The number of hydrogen-bond acceptors (Lipinski definition) is 0. The Morgan fingerprint density at radius 2 is 1.92 bits per heavy atom. The van der Waals surface area contributed by atoms with Crippen LogP contribution in [0.4, 0.5) is 13.2 Å². The van der Waals surface area contributed by atoms with E-state index in [1.807, 2.05) is 6.92 Å². The van der Waals surface area contributed by atoms with Gasteiger partial charge in [0.15, 0.2) is 0 Å². The molecule has 1 fully saturated rings. The fraction of sp³-hybridized carbons (Fsp3) is 1.00. The van der Waals surface area contributed by atoms with Gasteiger partial charge < -0.3 is 0 Å². The SMILES string of the molecule is CC1CCC[C@@H](CC(F)(F)F)C1. The van der Waals surface area contributed by atoms with E-state index in [0.29, 0.717) is 5.92 Å². The molecule has 72 valence electrons. The Labute approximate surface area is 71.1 Å². The highest BCUT2D eigenvalue weighted by atomic mass is 19.4. The van der Waals surface area contributed by atoms with E-state index in [1.165, 1.54) is 0 Å². The summed E-state index contributed by atoms with van der Waals surface area (Å²) >= 11 is 0. The van der Waals surface area contributed by atoms with Crippen LogP contribution in [0, 0.1) is 11.8 Å². The lowest BCUT2D eigenvalue weighted by Crippen LogP contribution is -2.20.